The maximum Gasteiger partial charge on any atom is 0.387 e. The molecule has 0 unspecified atom stereocenters. The van der Waals surface area contributed by atoms with Gasteiger partial charge in [-0.3, -0.25) is 0 Å². The summed E-state index contributed by atoms with van der Waals surface area (Å²) in [5, 5.41) is 12.5. The summed E-state index contributed by atoms with van der Waals surface area (Å²) in [6.45, 7) is 1.57. The molecule has 0 radical (unpaired) electrons. The summed E-state index contributed by atoms with van der Waals surface area (Å²) in [5.41, 5.74) is 2.46. The zero-order valence-electron chi connectivity index (χ0n) is 12.3. The molecule has 21 heavy (non-hydrogen) atoms. The van der Waals surface area contributed by atoms with Crippen molar-refractivity contribution in [3.63, 3.8) is 0 Å². The number of nitrogens with one attached hydrogen (secondary N) is 1. The Morgan fingerprint density at radius 2 is 1.95 bits per heavy atom. The number of halogens is 2. The molecule has 0 saturated carbocycles. The van der Waals surface area contributed by atoms with E-state index in [2.05, 4.69) is 16.1 Å². The zero-order valence-corrected chi connectivity index (χ0v) is 12.3. The second kappa shape index (κ2) is 7.00. The van der Waals surface area contributed by atoms with Crippen LogP contribution in [0.1, 0.15) is 23.1 Å². The van der Waals surface area contributed by atoms with E-state index in [0.717, 1.165) is 12.0 Å². The normalized spacial score (nSPS) is 21.2. The molecule has 0 amide bonds. The topological polar surface area (TPSA) is 41.5 Å². The first kappa shape index (κ1) is 15.9. The predicted molar refractivity (Wildman–Crippen MR) is 77.5 cm³/mol. The highest BCUT2D eigenvalue weighted by Gasteiger charge is 2.18. The number of benzene rings is 1. The molecule has 0 spiro atoms. The Bertz CT molecular complexity index is 494. The molecule has 0 fully saturated rings. The van der Waals surface area contributed by atoms with Crippen molar-refractivity contribution in [1.82, 2.24) is 5.32 Å². The quantitative estimate of drug-likeness (QED) is 0.793. The summed E-state index contributed by atoms with van der Waals surface area (Å²) in [4.78, 5) is 0. The molecule has 3 nitrogen and oxygen atoms in total. The molecule has 0 aliphatic heterocycles. The summed E-state index contributed by atoms with van der Waals surface area (Å²) in [6.07, 6.45) is 4.98. The minimum atomic E-state index is -2.80. The second-order valence-corrected chi connectivity index (χ2v) is 5.49. The summed E-state index contributed by atoms with van der Waals surface area (Å²) in [6, 6.07) is 3.97. The molecule has 2 N–H and O–H groups in total. The number of hydrogen-bond donors (Lipinski definition) is 2. The van der Waals surface area contributed by atoms with Crippen molar-refractivity contribution in [2.75, 3.05) is 6.61 Å². The van der Waals surface area contributed by atoms with Crippen molar-refractivity contribution in [2.45, 2.75) is 39.5 Å². The van der Waals surface area contributed by atoms with Gasteiger partial charge in [-0.05, 0) is 37.0 Å². The minimum Gasteiger partial charge on any atom is -0.434 e. The van der Waals surface area contributed by atoms with Gasteiger partial charge >= 0.3 is 6.61 Å². The molecule has 5 heteroatoms. The van der Waals surface area contributed by atoms with Crippen molar-refractivity contribution in [3.05, 3.63) is 41.0 Å². The van der Waals surface area contributed by atoms with Crippen LogP contribution in [-0.2, 0) is 6.54 Å². The Morgan fingerprint density at radius 3 is 2.48 bits per heavy atom. The van der Waals surface area contributed by atoms with Gasteiger partial charge in [0.05, 0.1) is 0 Å². The Hall–Kier alpha value is -1.46. The van der Waals surface area contributed by atoms with Gasteiger partial charge in [0.15, 0.2) is 0 Å². The molecule has 116 valence electrons. The monoisotopic (exact) mass is 297 g/mol. The third-order valence-electron chi connectivity index (χ3n) is 3.70. The molecular formula is C16H21F2NO2. The molecule has 2 atom stereocenters. The molecule has 0 aromatic heterocycles. The number of aliphatic hydroxyl groups is 1. The van der Waals surface area contributed by atoms with Gasteiger partial charge in [-0.25, -0.2) is 0 Å². The number of hydrogen-bond acceptors (Lipinski definition) is 3. The lowest BCUT2D eigenvalue weighted by Crippen LogP contribution is -2.26. The Morgan fingerprint density at radius 1 is 1.29 bits per heavy atom. The van der Waals surface area contributed by atoms with E-state index in [9.17, 15) is 8.78 Å². The van der Waals surface area contributed by atoms with E-state index in [1.807, 2.05) is 18.2 Å². The largest absolute Gasteiger partial charge is 0.434 e. The fraction of sp³-hybridized carbons (Fsp3) is 0.500. The van der Waals surface area contributed by atoms with E-state index in [0.29, 0.717) is 17.7 Å². The van der Waals surface area contributed by atoms with E-state index in [4.69, 9.17) is 5.11 Å². The van der Waals surface area contributed by atoms with Gasteiger partial charge in [-0.1, -0.05) is 24.3 Å². The van der Waals surface area contributed by atoms with Crippen LogP contribution < -0.4 is 10.1 Å². The number of alkyl halides is 2. The third kappa shape index (κ3) is 4.25. The molecule has 0 bridgehead atoms. The van der Waals surface area contributed by atoms with Crippen LogP contribution in [0.4, 0.5) is 8.78 Å². The van der Waals surface area contributed by atoms with Crippen LogP contribution in [0.3, 0.4) is 0 Å². The lowest BCUT2D eigenvalue weighted by atomic mass is 10.0. The first-order chi connectivity index (χ1) is 9.99. The zero-order chi connectivity index (χ0) is 15.4. The van der Waals surface area contributed by atoms with Crippen molar-refractivity contribution >= 4 is 0 Å². The van der Waals surface area contributed by atoms with Crippen molar-refractivity contribution < 1.29 is 18.6 Å². The smallest absolute Gasteiger partial charge is 0.387 e. The maximum atomic E-state index is 12.3. The Labute approximate surface area is 123 Å². The molecule has 1 aromatic rings. The van der Waals surface area contributed by atoms with Crippen LogP contribution in [0.15, 0.2) is 24.3 Å². The number of aryl methyl sites for hydroxylation is 2. The van der Waals surface area contributed by atoms with Gasteiger partial charge in [-0.2, -0.15) is 8.78 Å². The summed E-state index contributed by atoms with van der Waals surface area (Å²) < 4.78 is 29.2. The van der Waals surface area contributed by atoms with Gasteiger partial charge in [-0.15, -0.1) is 0 Å². The summed E-state index contributed by atoms with van der Waals surface area (Å²) in [5.74, 6) is 0.489. The first-order valence-electron chi connectivity index (χ1n) is 7.07. The fourth-order valence-corrected chi connectivity index (χ4v) is 2.73. The molecule has 2 rings (SSSR count). The molecule has 0 heterocycles. The highest BCUT2D eigenvalue weighted by molar-refractivity contribution is 5.43. The van der Waals surface area contributed by atoms with E-state index in [1.165, 1.54) is 0 Å². The van der Waals surface area contributed by atoms with E-state index in [-0.39, 0.29) is 24.3 Å². The van der Waals surface area contributed by atoms with Crippen LogP contribution >= 0.6 is 0 Å². The summed E-state index contributed by atoms with van der Waals surface area (Å²) >= 11 is 0. The van der Waals surface area contributed by atoms with Crippen LogP contribution in [0, 0.1) is 19.8 Å². The first-order valence-corrected chi connectivity index (χ1v) is 7.07. The lowest BCUT2D eigenvalue weighted by molar-refractivity contribution is -0.0507. The standard InChI is InChI=1S/C16H21F2NO2/c1-10-5-13(6-11(2)15(10)21-16(17)18)8-19-14-4-3-12(7-14)9-20/h3-6,12,14,16,19-20H,7-9H2,1-2H3/t12-,14+/m0/s1. The average molecular weight is 297 g/mol. The van der Waals surface area contributed by atoms with Gasteiger partial charge < -0.3 is 15.2 Å². The average Bonchev–Trinajstić information content (AvgIpc) is 2.88. The van der Waals surface area contributed by atoms with Crippen LogP contribution in [0.25, 0.3) is 0 Å². The van der Waals surface area contributed by atoms with Crippen LogP contribution in [0.2, 0.25) is 0 Å². The highest BCUT2D eigenvalue weighted by atomic mass is 19.3. The van der Waals surface area contributed by atoms with Crippen LogP contribution in [0.5, 0.6) is 5.75 Å². The fourth-order valence-electron chi connectivity index (χ4n) is 2.73. The van der Waals surface area contributed by atoms with E-state index < -0.39 is 6.61 Å². The van der Waals surface area contributed by atoms with Gasteiger partial charge in [0.1, 0.15) is 5.75 Å². The molecule has 1 aliphatic rings. The predicted octanol–water partition coefficient (Wildman–Crippen LogP) is 2.93. The molecule has 0 saturated heterocycles. The Kier molecular flexibility index (Phi) is 5.31. The lowest BCUT2D eigenvalue weighted by Gasteiger charge is -2.16. The maximum absolute atomic E-state index is 12.3. The van der Waals surface area contributed by atoms with E-state index >= 15 is 0 Å². The van der Waals surface area contributed by atoms with Gasteiger partial charge in [0.25, 0.3) is 0 Å². The van der Waals surface area contributed by atoms with Crippen LogP contribution in [-0.4, -0.2) is 24.4 Å². The van der Waals surface area contributed by atoms with Gasteiger partial charge in [0.2, 0.25) is 0 Å². The summed E-state index contributed by atoms with van der Waals surface area (Å²) in [7, 11) is 0. The number of ether oxygens (including phenoxy) is 1. The van der Waals surface area contributed by atoms with E-state index in [1.54, 1.807) is 13.8 Å². The highest BCUT2D eigenvalue weighted by Crippen LogP contribution is 2.26. The van der Waals surface area contributed by atoms with Crippen molar-refractivity contribution in [3.8, 4) is 5.75 Å². The van der Waals surface area contributed by atoms with Crippen molar-refractivity contribution in [2.24, 2.45) is 5.92 Å². The van der Waals surface area contributed by atoms with Gasteiger partial charge in [0, 0.05) is 25.1 Å². The Balaban J connectivity index is 1.97. The molecule has 1 aliphatic carbocycles. The second-order valence-electron chi connectivity index (χ2n) is 5.49. The number of rotatable bonds is 6. The number of aliphatic hydroxyl groups excluding tert-OH is 1. The minimum absolute atomic E-state index is 0.173. The van der Waals surface area contributed by atoms with Crippen molar-refractivity contribution in [1.29, 1.82) is 0 Å². The third-order valence-corrected chi connectivity index (χ3v) is 3.70. The molecular weight excluding hydrogens is 276 g/mol. The SMILES string of the molecule is Cc1cc(CN[C@@H]2C=C[C@H](CO)C2)cc(C)c1OC(F)F. The molecule has 1 aromatic carbocycles.